The molecule has 4 rings (SSSR count). The van der Waals surface area contributed by atoms with Crippen LogP contribution in [0.25, 0.3) is 10.9 Å². The van der Waals surface area contributed by atoms with E-state index in [-0.39, 0.29) is 24.1 Å². The van der Waals surface area contributed by atoms with Crippen molar-refractivity contribution < 1.29 is 9.90 Å². The lowest BCUT2D eigenvalue weighted by Crippen LogP contribution is -2.44. The Morgan fingerprint density at radius 2 is 1.91 bits per heavy atom. The summed E-state index contributed by atoms with van der Waals surface area (Å²) in [6.45, 7) is 0.672. The van der Waals surface area contributed by atoms with Crippen molar-refractivity contribution >= 4 is 38.4 Å². The second-order valence-corrected chi connectivity index (χ2v) is 8.95. The molecule has 5 nitrogen and oxygen atoms in total. The van der Waals surface area contributed by atoms with E-state index in [2.05, 4.69) is 55.4 Å². The zero-order chi connectivity index (χ0) is 22.5. The lowest BCUT2D eigenvalue weighted by atomic mass is 10.0. The van der Waals surface area contributed by atoms with Crippen LogP contribution in [0.4, 0.5) is 5.69 Å². The molecule has 0 fully saturated rings. The van der Waals surface area contributed by atoms with Crippen LogP contribution in [0.5, 0.6) is 5.75 Å². The van der Waals surface area contributed by atoms with Gasteiger partial charge in [0, 0.05) is 40.9 Å². The van der Waals surface area contributed by atoms with Crippen LogP contribution >= 0.6 is 15.9 Å². The molecular formula is C26H26BrN3O2. The molecule has 0 aliphatic rings. The van der Waals surface area contributed by atoms with Crippen LogP contribution in [0.15, 0.2) is 83.5 Å². The highest BCUT2D eigenvalue weighted by Gasteiger charge is 2.18. The maximum absolute atomic E-state index is 13.0. The highest BCUT2D eigenvalue weighted by Crippen LogP contribution is 2.23. The Morgan fingerprint density at radius 1 is 1.09 bits per heavy atom. The van der Waals surface area contributed by atoms with Crippen LogP contribution in [-0.4, -0.2) is 35.6 Å². The fourth-order valence-electron chi connectivity index (χ4n) is 3.97. The number of phenolic OH excluding ortho intramolecular Hbond substituents is 1. The molecule has 4 aromatic rings. The monoisotopic (exact) mass is 491 g/mol. The van der Waals surface area contributed by atoms with Crippen molar-refractivity contribution in [2.24, 2.45) is 0 Å². The minimum atomic E-state index is -0.0625. The Hall–Kier alpha value is -3.25. The van der Waals surface area contributed by atoms with Gasteiger partial charge < -0.3 is 20.3 Å². The van der Waals surface area contributed by atoms with Gasteiger partial charge in [-0.25, -0.2) is 0 Å². The average Bonchev–Trinajstić information content (AvgIpc) is 3.16. The van der Waals surface area contributed by atoms with Crippen molar-refractivity contribution in [3.05, 3.63) is 94.6 Å². The van der Waals surface area contributed by atoms with Crippen LogP contribution in [0, 0.1) is 0 Å². The number of nitrogens with zero attached hydrogens (tertiary/aromatic N) is 1. The minimum absolute atomic E-state index is 0.0437. The molecule has 164 valence electrons. The van der Waals surface area contributed by atoms with Crippen LogP contribution in [0.2, 0.25) is 0 Å². The first-order chi connectivity index (χ1) is 15.5. The number of amides is 1. The first kappa shape index (κ1) is 22.0. The Morgan fingerprint density at radius 3 is 2.69 bits per heavy atom. The molecule has 1 atom stereocenters. The zero-order valence-corrected chi connectivity index (χ0v) is 19.5. The predicted molar refractivity (Wildman–Crippen MR) is 133 cm³/mol. The van der Waals surface area contributed by atoms with E-state index < -0.39 is 0 Å². The summed E-state index contributed by atoms with van der Waals surface area (Å²) < 4.78 is 1.02. The first-order valence-corrected chi connectivity index (χ1v) is 11.4. The van der Waals surface area contributed by atoms with Crippen LogP contribution < -0.4 is 10.2 Å². The van der Waals surface area contributed by atoms with Gasteiger partial charge in [-0.05, 0) is 53.9 Å². The second-order valence-electron chi connectivity index (χ2n) is 8.04. The molecule has 0 bridgehead atoms. The number of benzene rings is 3. The number of phenols is 1. The summed E-state index contributed by atoms with van der Waals surface area (Å²) in [5.41, 5.74) is 4.03. The maximum atomic E-state index is 13.0. The smallest absolute Gasteiger partial charge is 0.224 e. The summed E-state index contributed by atoms with van der Waals surface area (Å²) in [6, 6.07) is 23.4. The number of anilines is 1. The molecule has 6 heteroatoms. The Bertz CT molecular complexity index is 1210. The quantitative estimate of drug-likeness (QED) is 0.323. The number of halogens is 1. The number of fused-ring (bicyclic) bond motifs is 1. The van der Waals surface area contributed by atoms with Gasteiger partial charge in [0.1, 0.15) is 5.75 Å². The van der Waals surface area contributed by atoms with Gasteiger partial charge in [0.2, 0.25) is 5.91 Å². The second kappa shape index (κ2) is 9.92. The Labute approximate surface area is 196 Å². The van der Waals surface area contributed by atoms with Gasteiger partial charge in [0.25, 0.3) is 0 Å². The maximum Gasteiger partial charge on any atom is 0.224 e. The van der Waals surface area contributed by atoms with Crippen molar-refractivity contribution in [3.8, 4) is 5.75 Å². The number of aromatic nitrogens is 1. The number of hydrogen-bond donors (Lipinski definition) is 3. The van der Waals surface area contributed by atoms with Gasteiger partial charge in [-0.15, -0.1) is 0 Å². The topological polar surface area (TPSA) is 68.4 Å². The van der Waals surface area contributed by atoms with E-state index in [4.69, 9.17) is 0 Å². The van der Waals surface area contributed by atoms with Crippen molar-refractivity contribution in [2.45, 2.75) is 18.9 Å². The number of carbonyl (C=O) groups is 1. The van der Waals surface area contributed by atoms with E-state index in [1.54, 1.807) is 12.1 Å². The van der Waals surface area contributed by atoms with E-state index in [1.165, 1.54) is 5.56 Å². The number of nitrogens with one attached hydrogen (secondary N) is 2. The summed E-state index contributed by atoms with van der Waals surface area (Å²) in [7, 11) is 2.04. The Kier molecular flexibility index (Phi) is 6.81. The molecule has 0 unspecified atom stereocenters. The standard InChI is InChI=1S/C26H26BrN3O2/c1-30(22-9-5-8-20(27)14-22)17-21(12-18-6-3-2-4-7-18)29-26(32)13-19-16-28-25-11-10-23(31)15-24(19)25/h2-11,14-16,21,28,31H,12-13,17H2,1H3,(H,29,32)/t21-/m0/s1. The van der Waals surface area contributed by atoms with Crippen molar-refractivity contribution in [2.75, 3.05) is 18.5 Å². The molecule has 0 saturated heterocycles. The summed E-state index contributed by atoms with van der Waals surface area (Å²) in [4.78, 5) is 18.3. The van der Waals surface area contributed by atoms with Crippen molar-refractivity contribution in [1.82, 2.24) is 10.3 Å². The van der Waals surface area contributed by atoms with E-state index >= 15 is 0 Å². The zero-order valence-electron chi connectivity index (χ0n) is 17.9. The third-order valence-corrected chi connectivity index (χ3v) is 6.03. The molecule has 0 radical (unpaired) electrons. The molecule has 1 heterocycles. The summed E-state index contributed by atoms with van der Waals surface area (Å²) in [6.07, 6.45) is 2.82. The SMILES string of the molecule is CN(C[C@H](Cc1ccccc1)NC(=O)Cc1c[nH]c2ccc(O)cc12)c1cccc(Br)c1. The minimum Gasteiger partial charge on any atom is -0.508 e. The molecule has 0 aliphatic carbocycles. The molecule has 3 N–H and O–H groups in total. The lowest BCUT2D eigenvalue weighted by molar-refractivity contribution is -0.121. The fraction of sp³-hybridized carbons (Fsp3) is 0.192. The number of rotatable bonds is 8. The molecule has 0 saturated carbocycles. The van der Waals surface area contributed by atoms with E-state index in [0.29, 0.717) is 6.54 Å². The number of hydrogen-bond acceptors (Lipinski definition) is 3. The van der Waals surface area contributed by atoms with Crippen LogP contribution in [0.1, 0.15) is 11.1 Å². The number of carbonyl (C=O) groups excluding carboxylic acids is 1. The predicted octanol–water partition coefficient (Wildman–Crippen LogP) is 5.04. The molecule has 0 spiro atoms. The number of aromatic hydroxyl groups is 1. The van der Waals surface area contributed by atoms with E-state index in [1.807, 2.05) is 49.6 Å². The third-order valence-electron chi connectivity index (χ3n) is 5.54. The highest BCUT2D eigenvalue weighted by atomic mass is 79.9. The van der Waals surface area contributed by atoms with E-state index in [9.17, 15) is 9.90 Å². The van der Waals surface area contributed by atoms with Gasteiger partial charge in [-0.1, -0.05) is 52.3 Å². The molecular weight excluding hydrogens is 466 g/mol. The molecule has 1 amide bonds. The number of aromatic amines is 1. The lowest BCUT2D eigenvalue weighted by Gasteiger charge is -2.27. The Balaban J connectivity index is 1.49. The number of H-pyrrole nitrogens is 1. The fourth-order valence-corrected chi connectivity index (χ4v) is 4.36. The molecule has 3 aromatic carbocycles. The third kappa shape index (κ3) is 5.51. The van der Waals surface area contributed by atoms with Crippen LogP contribution in [-0.2, 0) is 17.6 Å². The van der Waals surface area contributed by atoms with E-state index in [0.717, 1.165) is 33.0 Å². The van der Waals surface area contributed by atoms with Gasteiger partial charge in [-0.2, -0.15) is 0 Å². The molecule has 32 heavy (non-hydrogen) atoms. The largest absolute Gasteiger partial charge is 0.508 e. The van der Waals surface area contributed by atoms with Gasteiger partial charge in [0.15, 0.2) is 0 Å². The van der Waals surface area contributed by atoms with Crippen molar-refractivity contribution in [3.63, 3.8) is 0 Å². The molecule has 1 aromatic heterocycles. The highest BCUT2D eigenvalue weighted by molar-refractivity contribution is 9.10. The van der Waals surface area contributed by atoms with Crippen molar-refractivity contribution in [1.29, 1.82) is 0 Å². The normalized spacial score (nSPS) is 11.9. The summed E-state index contributed by atoms with van der Waals surface area (Å²) in [5, 5.41) is 13.9. The average molecular weight is 492 g/mol. The van der Waals surface area contributed by atoms with Gasteiger partial charge in [0.05, 0.1) is 12.5 Å². The summed E-state index contributed by atoms with van der Waals surface area (Å²) in [5.74, 6) is 0.147. The van der Waals surface area contributed by atoms with Gasteiger partial charge in [-0.3, -0.25) is 4.79 Å². The van der Waals surface area contributed by atoms with Gasteiger partial charge >= 0.3 is 0 Å². The first-order valence-electron chi connectivity index (χ1n) is 10.6. The van der Waals surface area contributed by atoms with Crippen LogP contribution in [0.3, 0.4) is 0 Å². The summed E-state index contributed by atoms with van der Waals surface area (Å²) >= 11 is 3.53. The molecule has 0 aliphatic heterocycles. The number of likely N-dealkylation sites (N-methyl/N-ethyl adjacent to an activating group) is 1.